The third-order valence-corrected chi connectivity index (χ3v) is 3.35. The van der Waals surface area contributed by atoms with Crippen LogP contribution in [-0.4, -0.2) is 29.0 Å². The monoisotopic (exact) mass is 310 g/mol. The van der Waals surface area contributed by atoms with E-state index in [1.165, 1.54) is 11.8 Å². The molecule has 21 heavy (non-hydrogen) atoms. The van der Waals surface area contributed by atoms with E-state index in [-0.39, 0.29) is 23.4 Å². The number of hydrogen-bond acceptors (Lipinski definition) is 5. The molecule has 0 heterocycles. The summed E-state index contributed by atoms with van der Waals surface area (Å²) < 4.78 is 5.16. The molecule has 1 amide bonds. The van der Waals surface area contributed by atoms with E-state index in [0.29, 0.717) is 11.4 Å². The number of para-hydroxylation sites is 1. The van der Waals surface area contributed by atoms with Gasteiger partial charge in [0.25, 0.3) is 0 Å². The number of nitrogens with two attached hydrogens (primary N) is 1. The molecule has 1 aromatic carbocycles. The quantitative estimate of drug-likeness (QED) is 0.645. The second-order valence-electron chi connectivity index (χ2n) is 5.67. The number of thioether (sulfide) groups is 1. The first-order chi connectivity index (χ1) is 9.69. The van der Waals surface area contributed by atoms with Crippen LogP contribution in [0.5, 0.6) is 0 Å². The fourth-order valence-corrected chi connectivity index (χ4v) is 2.22. The first-order valence-corrected chi connectivity index (χ1v) is 7.79. The van der Waals surface area contributed by atoms with Crippen LogP contribution < -0.4 is 11.1 Å². The summed E-state index contributed by atoms with van der Waals surface area (Å²) >= 11 is 1.21. The standard InChI is InChI=1S/C15H22N2O3S/c1-10-6-5-7-11(16)14(10)17-12(18)8-21-9-13(19)20-15(2,3)4/h5-7H,8-9,16H2,1-4H3,(H,17,18). The van der Waals surface area contributed by atoms with Gasteiger partial charge in [0.2, 0.25) is 5.91 Å². The number of carbonyl (C=O) groups excluding carboxylic acids is 2. The molecule has 0 spiro atoms. The van der Waals surface area contributed by atoms with Crippen molar-refractivity contribution in [2.45, 2.75) is 33.3 Å². The van der Waals surface area contributed by atoms with E-state index in [1.54, 1.807) is 6.07 Å². The molecule has 0 saturated heterocycles. The number of hydrogen-bond donors (Lipinski definition) is 2. The molecule has 0 aromatic heterocycles. The number of nitrogen functional groups attached to an aromatic ring is 1. The second-order valence-corrected chi connectivity index (χ2v) is 6.65. The van der Waals surface area contributed by atoms with Crippen molar-refractivity contribution in [3.05, 3.63) is 23.8 Å². The Balaban J connectivity index is 2.40. The zero-order valence-corrected chi connectivity index (χ0v) is 13.7. The molecule has 0 unspecified atom stereocenters. The molecule has 5 nitrogen and oxygen atoms in total. The Morgan fingerprint density at radius 1 is 1.29 bits per heavy atom. The number of aryl methyl sites for hydroxylation is 1. The number of ether oxygens (including phenoxy) is 1. The van der Waals surface area contributed by atoms with Crippen LogP contribution >= 0.6 is 11.8 Å². The normalized spacial score (nSPS) is 11.0. The highest BCUT2D eigenvalue weighted by molar-refractivity contribution is 8.00. The molecular formula is C15H22N2O3S. The summed E-state index contributed by atoms with van der Waals surface area (Å²) in [5.41, 5.74) is 7.37. The first kappa shape index (κ1) is 17.4. The molecule has 1 rings (SSSR count). The summed E-state index contributed by atoms with van der Waals surface area (Å²) in [5.74, 6) is -0.193. The molecule has 6 heteroatoms. The number of amides is 1. The van der Waals surface area contributed by atoms with Gasteiger partial charge in [0.1, 0.15) is 5.60 Å². The largest absolute Gasteiger partial charge is 0.459 e. The van der Waals surface area contributed by atoms with Crippen molar-refractivity contribution in [3.63, 3.8) is 0 Å². The summed E-state index contributed by atoms with van der Waals surface area (Å²) in [6.07, 6.45) is 0. The summed E-state index contributed by atoms with van der Waals surface area (Å²) in [6.45, 7) is 7.30. The smallest absolute Gasteiger partial charge is 0.316 e. The number of carbonyl (C=O) groups is 2. The Labute approximate surface area is 129 Å². The maximum atomic E-state index is 11.8. The van der Waals surface area contributed by atoms with Crippen LogP contribution in [-0.2, 0) is 14.3 Å². The van der Waals surface area contributed by atoms with Crippen molar-refractivity contribution in [3.8, 4) is 0 Å². The van der Waals surface area contributed by atoms with E-state index in [1.807, 2.05) is 39.8 Å². The van der Waals surface area contributed by atoms with Gasteiger partial charge in [-0.3, -0.25) is 9.59 Å². The van der Waals surface area contributed by atoms with Crippen LogP contribution in [0.15, 0.2) is 18.2 Å². The minimum absolute atomic E-state index is 0.147. The van der Waals surface area contributed by atoms with E-state index in [2.05, 4.69) is 5.32 Å². The molecule has 0 aliphatic carbocycles. The molecule has 0 bridgehead atoms. The number of esters is 1. The Kier molecular flexibility index (Phi) is 6.08. The van der Waals surface area contributed by atoms with Crippen molar-refractivity contribution in [2.75, 3.05) is 22.6 Å². The molecule has 0 aliphatic rings. The van der Waals surface area contributed by atoms with E-state index in [4.69, 9.17) is 10.5 Å². The van der Waals surface area contributed by atoms with Gasteiger partial charge < -0.3 is 15.8 Å². The molecule has 0 saturated carbocycles. The van der Waals surface area contributed by atoms with Crippen LogP contribution in [0.1, 0.15) is 26.3 Å². The van der Waals surface area contributed by atoms with Crippen molar-refractivity contribution in [1.82, 2.24) is 0 Å². The molecule has 0 atom stereocenters. The Morgan fingerprint density at radius 2 is 1.95 bits per heavy atom. The average molecular weight is 310 g/mol. The van der Waals surface area contributed by atoms with Gasteiger partial charge in [0.15, 0.2) is 0 Å². The molecule has 0 radical (unpaired) electrons. The Hall–Kier alpha value is -1.69. The topological polar surface area (TPSA) is 81.4 Å². The maximum Gasteiger partial charge on any atom is 0.316 e. The Morgan fingerprint density at radius 3 is 2.52 bits per heavy atom. The van der Waals surface area contributed by atoms with E-state index < -0.39 is 5.60 Å². The highest BCUT2D eigenvalue weighted by Gasteiger charge is 2.16. The van der Waals surface area contributed by atoms with Gasteiger partial charge in [-0.2, -0.15) is 0 Å². The number of anilines is 2. The van der Waals surface area contributed by atoms with Gasteiger partial charge in [-0.05, 0) is 39.3 Å². The van der Waals surface area contributed by atoms with E-state index >= 15 is 0 Å². The predicted molar refractivity (Wildman–Crippen MR) is 87.4 cm³/mol. The lowest BCUT2D eigenvalue weighted by molar-refractivity contribution is -0.151. The fraction of sp³-hybridized carbons (Fsp3) is 0.467. The molecule has 0 aliphatic heterocycles. The highest BCUT2D eigenvalue weighted by Crippen LogP contribution is 2.22. The number of rotatable bonds is 5. The Bertz CT molecular complexity index is 504. The third-order valence-electron chi connectivity index (χ3n) is 2.44. The lowest BCUT2D eigenvalue weighted by Crippen LogP contribution is -2.25. The highest BCUT2D eigenvalue weighted by atomic mass is 32.2. The van der Waals surface area contributed by atoms with Crippen LogP contribution in [0.2, 0.25) is 0 Å². The summed E-state index contributed by atoms with van der Waals surface area (Å²) in [6, 6.07) is 5.44. The zero-order chi connectivity index (χ0) is 16.0. The molecule has 1 aromatic rings. The van der Waals surface area contributed by atoms with Crippen molar-refractivity contribution < 1.29 is 14.3 Å². The van der Waals surface area contributed by atoms with Crippen LogP contribution in [0.25, 0.3) is 0 Å². The SMILES string of the molecule is Cc1cccc(N)c1NC(=O)CSCC(=O)OC(C)(C)C. The van der Waals surface area contributed by atoms with Crippen LogP contribution in [0.3, 0.4) is 0 Å². The third kappa shape index (κ3) is 6.53. The average Bonchev–Trinajstić information content (AvgIpc) is 2.31. The summed E-state index contributed by atoms with van der Waals surface area (Å²) in [4.78, 5) is 23.4. The van der Waals surface area contributed by atoms with Gasteiger partial charge >= 0.3 is 5.97 Å². The van der Waals surface area contributed by atoms with Gasteiger partial charge in [-0.25, -0.2) is 0 Å². The van der Waals surface area contributed by atoms with Crippen molar-refractivity contribution in [1.29, 1.82) is 0 Å². The van der Waals surface area contributed by atoms with Gasteiger partial charge in [0, 0.05) is 0 Å². The van der Waals surface area contributed by atoms with Gasteiger partial charge in [-0.15, -0.1) is 11.8 Å². The zero-order valence-electron chi connectivity index (χ0n) is 12.9. The molecular weight excluding hydrogens is 288 g/mol. The molecule has 0 fully saturated rings. The summed E-state index contributed by atoms with van der Waals surface area (Å²) in [7, 11) is 0. The van der Waals surface area contributed by atoms with Gasteiger partial charge in [0.05, 0.1) is 22.9 Å². The van der Waals surface area contributed by atoms with E-state index in [0.717, 1.165) is 5.56 Å². The van der Waals surface area contributed by atoms with Crippen molar-refractivity contribution >= 4 is 35.0 Å². The predicted octanol–water partition coefficient (Wildman–Crippen LogP) is 2.59. The van der Waals surface area contributed by atoms with Crippen LogP contribution in [0.4, 0.5) is 11.4 Å². The van der Waals surface area contributed by atoms with Gasteiger partial charge in [-0.1, -0.05) is 12.1 Å². The second kappa shape index (κ2) is 7.36. The number of nitrogens with one attached hydrogen (secondary N) is 1. The lowest BCUT2D eigenvalue weighted by atomic mass is 10.1. The molecule has 3 N–H and O–H groups in total. The van der Waals surface area contributed by atoms with Crippen LogP contribution in [0, 0.1) is 6.92 Å². The lowest BCUT2D eigenvalue weighted by Gasteiger charge is -2.19. The minimum atomic E-state index is -0.504. The minimum Gasteiger partial charge on any atom is -0.459 e. The number of benzene rings is 1. The summed E-state index contributed by atoms with van der Waals surface area (Å²) in [5, 5.41) is 2.76. The maximum absolute atomic E-state index is 11.8. The van der Waals surface area contributed by atoms with Crippen molar-refractivity contribution in [2.24, 2.45) is 0 Å². The van der Waals surface area contributed by atoms with E-state index in [9.17, 15) is 9.59 Å². The first-order valence-electron chi connectivity index (χ1n) is 6.63. The fourth-order valence-electron chi connectivity index (χ4n) is 1.63. The molecule has 116 valence electrons.